The zero-order chi connectivity index (χ0) is 16.3. The summed E-state index contributed by atoms with van der Waals surface area (Å²) < 4.78 is 4.91. The van der Waals surface area contributed by atoms with Gasteiger partial charge in [0.2, 0.25) is 5.54 Å². The maximum absolute atomic E-state index is 12.7. The first-order chi connectivity index (χ1) is 10.4. The monoisotopic (exact) mass is 312 g/mol. The summed E-state index contributed by atoms with van der Waals surface area (Å²) in [6.45, 7) is 1.97. The molecule has 22 heavy (non-hydrogen) atoms. The van der Waals surface area contributed by atoms with Crippen molar-refractivity contribution in [1.29, 1.82) is 0 Å². The number of Topliss-reactive ketones (excluding diaryl/α,β-unsaturated/α-hetero) is 1. The van der Waals surface area contributed by atoms with Crippen LogP contribution in [0.2, 0.25) is 0 Å². The molecule has 1 heterocycles. The van der Waals surface area contributed by atoms with Crippen molar-refractivity contribution in [1.82, 2.24) is 4.90 Å². The molecule has 2 aliphatic rings. The molecule has 1 amide bonds. The van der Waals surface area contributed by atoms with Crippen molar-refractivity contribution in [2.24, 2.45) is 11.7 Å². The highest BCUT2D eigenvalue weighted by molar-refractivity contribution is 6.12. The maximum atomic E-state index is 12.7. The number of aliphatic carboxylic acids is 1. The Morgan fingerprint density at radius 1 is 1.36 bits per heavy atom. The normalized spacial score (nSPS) is 26.4. The van der Waals surface area contributed by atoms with Crippen LogP contribution in [0.15, 0.2) is 0 Å². The summed E-state index contributed by atoms with van der Waals surface area (Å²) >= 11 is 0. The summed E-state index contributed by atoms with van der Waals surface area (Å²) in [5.41, 5.74) is 4.11. The second kappa shape index (κ2) is 6.64. The molecule has 0 unspecified atom stereocenters. The van der Waals surface area contributed by atoms with Gasteiger partial charge in [0.15, 0.2) is 5.78 Å². The van der Waals surface area contributed by atoms with Crippen molar-refractivity contribution in [3.63, 3.8) is 0 Å². The Bertz CT molecular complexity index is 463. The third kappa shape index (κ3) is 2.82. The molecule has 3 N–H and O–H groups in total. The average Bonchev–Trinajstić information content (AvgIpc) is 2.88. The standard InChI is InChI=1S/C15H24N2O5/c1-2-22-14(21)17-8-4-7-15(17,13(19)20)12(18)11(16)9-10-5-3-6-10/h10-11H,2-9,16H2,1H3,(H,19,20)/t11-,15-/m1/s1. The van der Waals surface area contributed by atoms with Gasteiger partial charge in [0.25, 0.3) is 0 Å². The third-order valence-electron chi connectivity index (χ3n) is 4.78. The SMILES string of the molecule is CCOC(=O)N1CCC[C@]1(C(=O)O)C(=O)[C@H](N)CC1CCC1. The molecule has 0 aromatic heterocycles. The number of likely N-dealkylation sites (tertiary alicyclic amines) is 1. The van der Waals surface area contributed by atoms with Gasteiger partial charge in [0.05, 0.1) is 12.6 Å². The first kappa shape index (κ1) is 16.7. The van der Waals surface area contributed by atoms with Crippen LogP contribution in [0.3, 0.4) is 0 Å². The van der Waals surface area contributed by atoms with Gasteiger partial charge >= 0.3 is 12.1 Å². The van der Waals surface area contributed by atoms with Gasteiger partial charge in [-0.15, -0.1) is 0 Å². The molecule has 0 radical (unpaired) electrons. The molecule has 0 aromatic rings. The Labute approximate surface area is 129 Å². The van der Waals surface area contributed by atoms with Crippen molar-refractivity contribution < 1.29 is 24.2 Å². The van der Waals surface area contributed by atoms with Crippen LogP contribution >= 0.6 is 0 Å². The van der Waals surface area contributed by atoms with E-state index in [0.717, 1.165) is 24.2 Å². The number of rotatable bonds is 6. The smallest absolute Gasteiger partial charge is 0.411 e. The van der Waals surface area contributed by atoms with Crippen LogP contribution in [0.5, 0.6) is 0 Å². The highest BCUT2D eigenvalue weighted by Gasteiger charge is 2.57. The van der Waals surface area contributed by atoms with Crippen molar-refractivity contribution >= 4 is 17.8 Å². The summed E-state index contributed by atoms with van der Waals surface area (Å²) in [4.78, 5) is 37.7. The van der Waals surface area contributed by atoms with E-state index in [4.69, 9.17) is 10.5 Å². The zero-order valence-corrected chi connectivity index (χ0v) is 12.9. The Balaban J connectivity index is 2.20. The van der Waals surface area contributed by atoms with Gasteiger partial charge in [-0.2, -0.15) is 0 Å². The van der Waals surface area contributed by atoms with Gasteiger partial charge < -0.3 is 15.6 Å². The van der Waals surface area contributed by atoms with E-state index in [9.17, 15) is 19.5 Å². The molecule has 0 aromatic carbocycles. The molecule has 1 saturated heterocycles. The van der Waals surface area contributed by atoms with Crippen LogP contribution in [0.25, 0.3) is 0 Å². The van der Waals surface area contributed by atoms with Crippen molar-refractivity contribution in [2.45, 2.75) is 57.0 Å². The minimum Gasteiger partial charge on any atom is -0.479 e. The zero-order valence-electron chi connectivity index (χ0n) is 12.9. The molecule has 7 nitrogen and oxygen atoms in total. The summed E-state index contributed by atoms with van der Waals surface area (Å²) in [7, 11) is 0. The fourth-order valence-corrected chi connectivity index (χ4v) is 3.35. The van der Waals surface area contributed by atoms with E-state index in [1.165, 1.54) is 0 Å². The molecule has 0 spiro atoms. The lowest BCUT2D eigenvalue weighted by molar-refractivity contribution is -0.155. The lowest BCUT2D eigenvalue weighted by Crippen LogP contribution is -2.63. The largest absolute Gasteiger partial charge is 0.479 e. The van der Waals surface area contributed by atoms with E-state index in [0.29, 0.717) is 18.8 Å². The molecule has 2 atom stereocenters. The van der Waals surface area contributed by atoms with Crippen molar-refractivity contribution in [3.8, 4) is 0 Å². The quantitative estimate of drug-likeness (QED) is 0.712. The number of ketones is 1. The van der Waals surface area contributed by atoms with Crippen LogP contribution in [-0.4, -0.2) is 52.6 Å². The van der Waals surface area contributed by atoms with Crippen LogP contribution < -0.4 is 5.73 Å². The van der Waals surface area contributed by atoms with Crippen LogP contribution in [0, 0.1) is 5.92 Å². The molecular weight excluding hydrogens is 288 g/mol. The number of hydrogen-bond acceptors (Lipinski definition) is 5. The fourth-order valence-electron chi connectivity index (χ4n) is 3.35. The second-order valence-corrected chi connectivity index (χ2v) is 6.12. The van der Waals surface area contributed by atoms with Crippen molar-refractivity contribution in [2.75, 3.05) is 13.2 Å². The van der Waals surface area contributed by atoms with Crippen LogP contribution in [-0.2, 0) is 14.3 Å². The first-order valence-corrected chi connectivity index (χ1v) is 7.91. The third-order valence-corrected chi connectivity index (χ3v) is 4.78. The molecule has 2 fully saturated rings. The number of hydrogen-bond donors (Lipinski definition) is 2. The lowest BCUT2D eigenvalue weighted by atomic mass is 9.77. The molecular formula is C15H24N2O5. The first-order valence-electron chi connectivity index (χ1n) is 7.91. The number of nitrogens with two attached hydrogens (primary N) is 1. The van der Waals surface area contributed by atoms with Gasteiger partial charge in [0.1, 0.15) is 0 Å². The molecule has 1 saturated carbocycles. The summed E-state index contributed by atoms with van der Waals surface area (Å²) in [5, 5.41) is 9.65. The Morgan fingerprint density at radius 3 is 2.55 bits per heavy atom. The van der Waals surface area contributed by atoms with E-state index in [1.54, 1.807) is 6.92 Å². The lowest BCUT2D eigenvalue weighted by Gasteiger charge is -2.36. The predicted molar refractivity (Wildman–Crippen MR) is 78.3 cm³/mol. The van der Waals surface area contributed by atoms with Crippen molar-refractivity contribution in [3.05, 3.63) is 0 Å². The minimum atomic E-state index is -1.87. The topological polar surface area (TPSA) is 110 Å². The Morgan fingerprint density at radius 2 is 2.05 bits per heavy atom. The van der Waals surface area contributed by atoms with Crippen LogP contribution in [0.4, 0.5) is 4.79 Å². The fraction of sp³-hybridized carbons (Fsp3) is 0.800. The van der Waals surface area contributed by atoms with Gasteiger partial charge in [-0.1, -0.05) is 19.3 Å². The summed E-state index contributed by atoms with van der Waals surface area (Å²) in [5.74, 6) is -1.49. The number of carbonyl (C=O) groups is 3. The number of amides is 1. The molecule has 2 rings (SSSR count). The van der Waals surface area contributed by atoms with Gasteiger partial charge in [-0.25, -0.2) is 9.59 Å². The minimum absolute atomic E-state index is 0.0956. The van der Waals surface area contributed by atoms with Gasteiger partial charge in [0, 0.05) is 6.54 Å². The molecule has 0 bridgehead atoms. The Hall–Kier alpha value is -1.63. The van der Waals surface area contributed by atoms with Gasteiger partial charge in [-0.3, -0.25) is 9.69 Å². The number of carboxylic acids is 1. The molecule has 1 aliphatic carbocycles. The summed E-state index contributed by atoms with van der Waals surface area (Å²) in [6.07, 6.45) is 3.47. The average molecular weight is 312 g/mol. The predicted octanol–water partition coefficient (Wildman–Crippen LogP) is 1.15. The maximum Gasteiger partial charge on any atom is 0.411 e. The highest BCUT2D eigenvalue weighted by atomic mass is 16.6. The Kier molecular flexibility index (Phi) is 5.05. The van der Waals surface area contributed by atoms with E-state index in [-0.39, 0.29) is 19.6 Å². The number of nitrogens with zero attached hydrogens (tertiary/aromatic N) is 1. The molecule has 124 valence electrons. The highest BCUT2D eigenvalue weighted by Crippen LogP contribution is 2.35. The van der Waals surface area contributed by atoms with E-state index >= 15 is 0 Å². The number of carboxylic acid groups (broad SMARTS) is 1. The molecule has 7 heteroatoms. The number of carbonyl (C=O) groups excluding carboxylic acids is 2. The van der Waals surface area contributed by atoms with Gasteiger partial charge in [-0.05, 0) is 32.1 Å². The van der Waals surface area contributed by atoms with E-state index in [1.807, 2.05) is 0 Å². The van der Waals surface area contributed by atoms with E-state index in [2.05, 4.69) is 0 Å². The number of ether oxygens (including phenoxy) is 1. The second-order valence-electron chi connectivity index (χ2n) is 6.12. The summed E-state index contributed by atoms with van der Waals surface area (Å²) in [6, 6.07) is -0.851. The molecule has 1 aliphatic heterocycles. The van der Waals surface area contributed by atoms with E-state index < -0.39 is 29.4 Å². The van der Waals surface area contributed by atoms with Crippen LogP contribution in [0.1, 0.15) is 45.4 Å².